The first-order valence-electron chi connectivity index (χ1n) is 22.7. The van der Waals surface area contributed by atoms with Crippen molar-refractivity contribution in [2.45, 2.75) is 74.6 Å². The highest BCUT2D eigenvalue weighted by atomic mass is 32.1. The van der Waals surface area contributed by atoms with Gasteiger partial charge in [-0.25, -0.2) is 33.4 Å². The second-order valence-corrected chi connectivity index (χ2v) is 21.4. The molecule has 0 saturated carbocycles. The number of anilines is 2. The number of carboxylic acids is 1. The van der Waals surface area contributed by atoms with Gasteiger partial charge < -0.3 is 84.8 Å². The van der Waals surface area contributed by atoms with Gasteiger partial charge >= 0.3 is 29.4 Å². The molecule has 1 aliphatic carbocycles. The number of aromatic nitrogens is 7. The molecule has 36 heteroatoms. The number of phosphoric ester groups is 3. The summed E-state index contributed by atoms with van der Waals surface area (Å²) >= 11 is 5.50. The van der Waals surface area contributed by atoms with E-state index in [-0.39, 0.29) is 81.1 Å². The molecule has 78 heavy (non-hydrogen) atoms. The molecule has 2 fully saturated rings. The number of imidazole rings is 1. The fourth-order valence-corrected chi connectivity index (χ4v) is 10.9. The van der Waals surface area contributed by atoms with Gasteiger partial charge in [-0.15, -0.1) is 5.10 Å². The number of phosphoric acid groups is 3. The zero-order valence-electron chi connectivity index (χ0n) is 39.5. The van der Waals surface area contributed by atoms with Gasteiger partial charge in [-0.1, -0.05) is 11.3 Å². The minimum Gasteiger partial charge on any atom is -0.508 e. The molecule has 9 atom stereocenters. The summed E-state index contributed by atoms with van der Waals surface area (Å²) in [7, 11) is -16.7. The Kier molecular flexibility index (Phi) is 16.2. The third-order valence-corrected chi connectivity index (χ3v) is 13.9. The minimum absolute atomic E-state index is 0.0188. The fraction of sp³-hybridized carbons (Fsp3) is 0.333. The van der Waals surface area contributed by atoms with Crippen molar-refractivity contribution in [2.75, 3.05) is 24.2 Å². The summed E-state index contributed by atoms with van der Waals surface area (Å²) in [5, 5.41) is 56.9. The molecule has 3 aliphatic heterocycles. The molecule has 0 bridgehead atoms. The number of aliphatic hydroxyl groups is 2. The zero-order valence-corrected chi connectivity index (χ0v) is 43.0. The molecule has 2 saturated heterocycles. The summed E-state index contributed by atoms with van der Waals surface area (Å²) in [6, 6.07) is 13.3. The van der Waals surface area contributed by atoms with E-state index in [1.54, 1.807) is 18.2 Å². The Hall–Kier alpha value is -6.29. The molecular weight excluding hydrogens is 1120 g/mol. The number of aromatic carboxylic acids is 1. The van der Waals surface area contributed by atoms with E-state index in [1.807, 2.05) is 0 Å². The van der Waals surface area contributed by atoms with Crippen molar-refractivity contribution in [3.8, 4) is 28.2 Å². The van der Waals surface area contributed by atoms with Crippen LogP contribution in [0.1, 0.15) is 28.7 Å². The monoisotopic (exact) mass is 1170 g/mol. The Balaban J connectivity index is 0.913. The molecule has 5 aromatic rings. The number of fused-ring (bicyclic) bond motifs is 3. The third-order valence-electron chi connectivity index (χ3n) is 12.1. The highest BCUT2D eigenvalue weighted by Gasteiger charge is 2.56. The summed E-state index contributed by atoms with van der Waals surface area (Å²) in [4.78, 5) is 95.9. The Bertz CT molecular complexity index is 3570. The van der Waals surface area contributed by atoms with Gasteiger partial charge in [0.25, 0.3) is 0 Å². The molecule has 9 rings (SSSR count). The Morgan fingerprint density at radius 1 is 0.872 bits per heavy atom. The third kappa shape index (κ3) is 12.7. The van der Waals surface area contributed by atoms with Crippen LogP contribution in [0.2, 0.25) is 0 Å². The maximum Gasteiger partial charge on any atom is 0.470 e. The predicted molar refractivity (Wildman–Crippen MR) is 267 cm³/mol. The van der Waals surface area contributed by atoms with Crippen LogP contribution in [-0.4, -0.2) is 158 Å². The fourth-order valence-electron chi connectivity index (χ4n) is 8.97. The Morgan fingerprint density at radius 2 is 1.60 bits per heavy atom. The molecule has 0 unspecified atom stereocenters. The number of benzene rings is 3. The maximum absolute atomic E-state index is 12.6. The summed E-state index contributed by atoms with van der Waals surface area (Å²) in [6.07, 6.45) is -14.3. The largest absolute Gasteiger partial charge is 0.508 e. The molecule has 14 N–H and O–H groups in total. The second kappa shape index (κ2) is 22.5. The van der Waals surface area contributed by atoms with E-state index in [1.165, 1.54) is 51.8 Å². The van der Waals surface area contributed by atoms with Crippen LogP contribution < -0.4 is 21.8 Å². The van der Waals surface area contributed by atoms with Gasteiger partial charge in [0.05, 0.1) is 36.0 Å². The van der Waals surface area contributed by atoms with Gasteiger partial charge in [0.1, 0.15) is 65.6 Å². The smallest absolute Gasteiger partial charge is 0.470 e. The van der Waals surface area contributed by atoms with Gasteiger partial charge in [-0.3, -0.25) is 27.6 Å². The number of phenols is 1. The van der Waals surface area contributed by atoms with Crippen LogP contribution in [0, 0.1) is 0 Å². The van der Waals surface area contributed by atoms with Crippen molar-refractivity contribution in [3.63, 3.8) is 0 Å². The van der Waals surface area contributed by atoms with Crippen LogP contribution in [0.3, 0.4) is 0 Å². The van der Waals surface area contributed by atoms with Crippen molar-refractivity contribution in [2.24, 2.45) is 0 Å². The van der Waals surface area contributed by atoms with Crippen LogP contribution in [0.25, 0.3) is 44.6 Å². The number of ether oxygens (including phenoxy) is 3. The quantitative estimate of drug-likeness (QED) is 0.0229. The van der Waals surface area contributed by atoms with Gasteiger partial charge in [-0.05, 0) is 60.6 Å². The number of nitrogens with zero attached hydrogens (tertiary/aromatic N) is 7. The van der Waals surface area contributed by atoms with Crippen molar-refractivity contribution in [1.29, 1.82) is 0 Å². The van der Waals surface area contributed by atoms with E-state index in [2.05, 4.69) is 44.9 Å². The number of phenolic OH excluding ortho intramolecular Hbond substituents is 1. The summed E-state index contributed by atoms with van der Waals surface area (Å²) in [6.45, 7) is -0.775. The van der Waals surface area contributed by atoms with E-state index in [0.29, 0.717) is 28.5 Å². The van der Waals surface area contributed by atoms with Gasteiger partial charge in [0.15, 0.2) is 34.5 Å². The standard InChI is InChI=1S/C42H45N10O22P3S/c43-37-31-38(46-16-45-37)52(17-47-31)39-36(74-77(65,66)67)33(71-41-32(56)35(73-76(62,63)64)34(29(15-53)70-41)72-75(59,60)61)28(69-39)11-19-14-51(50-49-19)9-1-8-44-42(78)48-25-7-2-18(10-24(25)40(57)58)30-22-5-3-20(54)12-26(22)68-27-13-21(55)4-6-23(27)30/h2-7,10,12-14,16-17,28-29,32-36,39,41,53-54,56H,1,8-9,11,15H2,(H,57,58)(H2,43,45,46)(H2,44,48,78)(H2,59,60,61)(H2,62,63,64)(H2,65,66,67)/t28-,29-,32-,33-,34-,35-,36-,39-,41-/m1/s1. The molecule has 2 aromatic carbocycles. The maximum atomic E-state index is 12.6. The highest BCUT2D eigenvalue weighted by molar-refractivity contribution is 7.80. The summed E-state index contributed by atoms with van der Waals surface area (Å²) < 4.78 is 77.6. The molecule has 3 aromatic heterocycles. The van der Waals surface area contributed by atoms with Crippen LogP contribution in [0.15, 0.2) is 82.7 Å². The number of nitrogen functional groups attached to an aromatic ring is 1. The number of carbonyl (C=O) groups is 1. The Morgan fingerprint density at radius 3 is 2.32 bits per heavy atom. The van der Waals surface area contributed by atoms with E-state index in [4.69, 9.17) is 41.1 Å². The number of thiocarbonyl (C=S) groups is 1. The van der Waals surface area contributed by atoms with Crippen LogP contribution in [0.4, 0.5) is 11.5 Å². The lowest BCUT2D eigenvalue weighted by molar-refractivity contribution is -0.312. The lowest BCUT2D eigenvalue weighted by atomic mass is 9.92. The van der Waals surface area contributed by atoms with Crippen LogP contribution >= 0.6 is 35.7 Å². The SMILES string of the molecule is Nc1ncnc2c1ncn2[C@@H]1O[C@H](Cc2cn(CCCNC(=S)Nc3ccc(-c4c5ccc(=O)cc-5oc5cc(O)ccc45)cc3C(=O)O)nn2)[C@@H](O[C@H]2O[C@H](CO)[C@@H](OP(=O)(O)O)[C@H](OP(=O)(O)O)[C@H]2O)[C@H]1OP(=O)(O)O. The lowest BCUT2D eigenvalue weighted by Crippen LogP contribution is -2.61. The topological polar surface area (TPSA) is 481 Å². The van der Waals surface area contributed by atoms with E-state index >= 15 is 0 Å². The number of carboxylic acid groups (broad SMARTS) is 1. The summed E-state index contributed by atoms with van der Waals surface area (Å²) in [5.74, 6) is -1.23. The number of aromatic hydroxyl groups is 1. The first kappa shape index (κ1) is 56.4. The van der Waals surface area contributed by atoms with Crippen molar-refractivity contribution in [3.05, 3.63) is 94.9 Å². The molecule has 32 nitrogen and oxygen atoms in total. The number of rotatable bonds is 19. The average molecular weight is 1170 g/mol. The molecule has 416 valence electrons. The average Bonchev–Trinajstić information content (AvgIpc) is 4.18. The van der Waals surface area contributed by atoms with Gasteiger partial charge in [0.2, 0.25) is 0 Å². The van der Waals surface area contributed by atoms with Gasteiger partial charge in [0, 0.05) is 54.4 Å². The number of nitrogens with two attached hydrogens (primary N) is 1. The van der Waals surface area contributed by atoms with Crippen LogP contribution in [0.5, 0.6) is 5.75 Å². The number of hydrogen-bond donors (Lipinski definition) is 13. The number of nitrogens with one attached hydrogen (secondary N) is 2. The van der Waals surface area contributed by atoms with Crippen molar-refractivity contribution < 1.29 is 100 Å². The highest BCUT2D eigenvalue weighted by Crippen LogP contribution is 2.50. The molecule has 0 spiro atoms. The molecule has 0 radical (unpaired) electrons. The van der Waals surface area contributed by atoms with Crippen molar-refractivity contribution in [1.82, 2.24) is 39.8 Å². The van der Waals surface area contributed by atoms with E-state index in [0.717, 1.165) is 12.7 Å². The molecular formula is C42H45N10O22P3S. The first-order chi connectivity index (χ1) is 36.8. The lowest BCUT2D eigenvalue weighted by Gasteiger charge is -2.44. The Labute approximate surface area is 441 Å². The zero-order chi connectivity index (χ0) is 56.0. The number of hydrogen-bond acceptors (Lipinski definition) is 22. The minimum atomic E-state index is -5.63. The van der Waals surface area contributed by atoms with E-state index in [9.17, 15) is 73.1 Å². The predicted octanol–water partition coefficient (Wildman–Crippen LogP) is 0.696. The van der Waals surface area contributed by atoms with Gasteiger partial charge in [-0.2, -0.15) is 0 Å². The van der Waals surface area contributed by atoms with Crippen LogP contribution in [-0.2, 0) is 54.4 Å². The number of aryl methyl sites for hydroxylation is 1. The first-order valence-corrected chi connectivity index (χ1v) is 27.7. The summed E-state index contributed by atoms with van der Waals surface area (Å²) in [5.41, 5.74) is 7.66. The normalized spacial score (nSPS) is 23.1. The molecule has 6 heterocycles. The van der Waals surface area contributed by atoms with E-state index < -0.39 is 91.3 Å². The van der Waals surface area contributed by atoms with Crippen molar-refractivity contribution >= 4 is 80.4 Å². The number of aliphatic hydroxyl groups excluding tert-OH is 2. The molecule has 0 amide bonds. The molecule has 4 aliphatic rings. The second-order valence-electron chi connectivity index (χ2n) is 17.4.